The molecule has 0 spiro atoms. The second-order valence-electron chi connectivity index (χ2n) is 11.4. The molecule has 4 heterocycles. The summed E-state index contributed by atoms with van der Waals surface area (Å²) in [4.78, 5) is 33.8. The Hall–Kier alpha value is -4.52. The molecule has 0 radical (unpaired) electrons. The van der Waals surface area contributed by atoms with E-state index in [4.69, 9.17) is 24.8 Å². The van der Waals surface area contributed by atoms with Gasteiger partial charge in [0, 0.05) is 64.5 Å². The van der Waals surface area contributed by atoms with E-state index in [2.05, 4.69) is 45.2 Å². The number of rotatable bonds is 4. The van der Waals surface area contributed by atoms with Gasteiger partial charge in [-0.3, -0.25) is 4.90 Å². The number of piperazine rings is 2. The number of carboxylic acids is 2. The lowest BCUT2D eigenvalue weighted by atomic mass is 10.1. The fourth-order valence-corrected chi connectivity index (χ4v) is 4.71. The van der Waals surface area contributed by atoms with Crippen molar-refractivity contribution in [3.63, 3.8) is 0 Å². The molecule has 0 amide bonds. The van der Waals surface area contributed by atoms with Crippen molar-refractivity contribution in [2.24, 2.45) is 0 Å². The number of nitrogens with one attached hydrogen (secondary N) is 1. The average molecular weight is 757 g/mol. The van der Waals surface area contributed by atoms with Gasteiger partial charge in [-0.2, -0.15) is 44.8 Å². The van der Waals surface area contributed by atoms with Crippen molar-refractivity contribution in [1.29, 1.82) is 5.26 Å². The van der Waals surface area contributed by atoms with Crippen LogP contribution < -0.4 is 5.32 Å². The van der Waals surface area contributed by atoms with Gasteiger partial charge in [-0.25, -0.2) is 19.6 Å². The molecule has 3 aromatic rings. The van der Waals surface area contributed by atoms with Gasteiger partial charge in [-0.15, -0.1) is 0 Å². The summed E-state index contributed by atoms with van der Waals surface area (Å²) in [5.74, 6) is -4.68. The first-order chi connectivity index (χ1) is 24.1. The van der Waals surface area contributed by atoms with Crippen LogP contribution in [0.3, 0.4) is 0 Å². The Morgan fingerprint density at radius 3 is 1.79 bits per heavy atom. The highest BCUT2D eigenvalue weighted by Crippen LogP contribution is 2.33. The number of fused-ring (bicyclic) bond motifs is 1. The quantitative estimate of drug-likeness (QED) is 0.322. The molecular weight excluding hydrogens is 719 g/mol. The van der Waals surface area contributed by atoms with Crippen molar-refractivity contribution in [3.05, 3.63) is 47.4 Å². The van der Waals surface area contributed by atoms with E-state index >= 15 is 0 Å². The number of hydrogen-bond acceptors (Lipinski definition) is 9. The molecule has 52 heavy (non-hydrogen) atoms. The van der Waals surface area contributed by atoms with E-state index in [-0.39, 0.29) is 5.69 Å². The minimum atomic E-state index is -5.08. The molecule has 2 aromatic heterocycles. The van der Waals surface area contributed by atoms with Crippen LogP contribution in [0.25, 0.3) is 22.3 Å². The van der Waals surface area contributed by atoms with Crippen molar-refractivity contribution >= 4 is 23.0 Å². The maximum Gasteiger partial charge on any atom is 0.490 e. The normalized spacial score (nSPS) is 16.0. The maximum absolute atomic E-state index is 13.2. The van der Waals surface area contributed by atoms with E-state index in [1.165, 1.54) is 19.2 Å². The predicted octanol–water partition coefficient (Wildman–Crippen LogP) is 4.54. The molecular formula is C31H37F9N8O4. The zero-order valence-corrected chi connectivity index (χ0v) is 28.2. The lowest BCUT2D eigenvalue weighted by Gasteiger charge is -2.32. The molecule has 12 nitrogen and oxygen atoms in total. The third-order valence-corrected chi connectivity index (χ3v) is 7.51. The van der Waals surface area contributed by atoms with Crippen LogP contribution in [0, 0.1) is 11.3 Å². The zero-order chi connectivity index (χ0) is 39.4. The standard InChI is InChI=1S/C22H23F3N6.C5H12N2.2C2HF3O2/c1-3-31-19-12-17(15-5-4-6-16(11-15)22(23,24)25)27-18(13-26)21(19)28-20(31)14-30-9-7-29(2)8-10-30;1-7-4-2-6-3-5-7;2*3-2(4,5)1(6)7/h4-6,11-12H,3,7-10,14H2,1-2H3;6H,2-5H2,1H3;2*(H,6,7). The number of carboxylic acid groups (broad SMARTS) is 2. The molecule has 3 N–H and O–H groups in total. The van der Waals surface area contributed by atoms with Crippen molar-refractivity contribution in [1.82, 2.24) is 34.6 Å². The van der Waals surface area contributed by atoms with E-state index in [1.807, 2.05) is 11.5 Å². The van der Waals surface area contributed by atoms with Crippen molar-refractivity contribution in [2.45, 2.75) is 38.5 Å². The number of likely N-dealkylation sites (N-methyl/N-ethyl adjacent to an activating group) is 2. The minimum Gasteiger partial charge on any atom is -0.475 e. The Balaban J connectivity index is 0.000000361. The highest BCUT2D eigenvalue weighted by Gasteiger charge is 2.39. The van der Waals surface area contributed by atoms with Gasteiger partial charge >= 0.3 is 30.5 Å². The molecule has 2 saturated heterocycles. The number of carbonyl (C=O) groups is 2. The van der Waals surface area contributed by atoms with Crippen LogP contribution in [0.4, 0.5) is 39.5 Å². The maximum atomic E-state index is 13.2. The van der Waals surface area contributed by atoms with Crippen LogP contribution in [0.1, 0.15) is 24.0 Å². The molecule has 0 saturated carbocycles. The summed E-state index contributed by atoms with van der Waals surface area (Å²) < 4.78 is 105. The summed E-state index contributed by atoms with van der Waals surface area (Å²) in [6.07, 6.45) is -14.6. The molecule has 0 bridgehead atoms. The number of aryl methyl sites for hydroxylation is 1. The van der Waals surface area contributed by atoms with Gasteiger partial charge in [-0.05, 0) is 39.2 Å². The topological polar surface area (TPSA) is 151 Å². The predicted molar refractivity (Wildman–Crippen MR) is 169 cm³/mol. The summed E-state index contributed by atoms with van der Waals surface area (Å²) in [6.45, 7) is 11.9. The van der Waals surface area contributed by atoms with E-state index < -0.39 is 36.0 Å². The van der Waals surface area contributed by atoms with Crippen LogP contribution in [0.5, 0.6) is 0 Å². The number of pyridine rings is 1. The number of hydrogen-bond donors (Lipinski definition) is 3. The molecule has 2 aliphatic heterocycles. The molecule has 0 unspecified atom stereocenters. The summed E-state index contributed by atoms with van der Waals surface area (Å²) in [5, 5.41) is 27.2. The number of imidazole rings is 1. The summed E-state index contributed by atoms with van der Waals surface area (Å²) in [5.41, 5.74) is 1.23. The van der Waals surface area contributed by atoms with Crippen LogP contribution >= 0.6 is 0 Å². The van der Waals surface area contributed by atoms with Gasteiger partial charge in [0.1, 0.15) is 17.4 Å². The second kappa shape index (κ2) is 18.8. The van der Waals surface area contributed by atoms with Crippen LogP contribution in [0.2, 0.25) is 0 Å². The first kappa shape index (κ1) is 43.6. The Bertz CT molecular complexity index is 1650. The number of aliphatic carboxylic acids is 2. The number of alkyl halides is 9. The summed E-state index contributed by atoms with van der Waals surface area (Å²) in [6, 6.07) is 8.81. The zero-order valence-electron chi connectivity index (χ0n) is 28.2. The Labute approximate surface area is 292 Å². The largest absolute Gasteiger partial charge is 0.490 e. The number of benzene rings is 1. The molecule has 0 aliphatic carbocycles. The minimum absolute atomic E-state index is 0.122. The molecule has 288 valence electrons. The molecule has 2 aliphatic rings. The smallest absolute Gasteiger partial charge is 0.475 e. The SMILES string of the molecule is CCn1c(CN2CCN(C)CC2)nc2c(C#N)nc(-c3cccc(C(F)(F)F)c3)cc21.CN1CCNCC1.O=C(O)C(F)(F)F.O=C(O)C(F)(F)F. The molecule has 5 rings (SSSR count). The van der Waals surface area contributed by atoms with Gasteiger partial charge in [0.25, 0.3) is 0 Å². The van der Waals surface area contributed by atoms with Gasteiger partial charge in [0.15, 0.2) is 5.69 Å². The Morgan fingerprint density at radius 1 is 0.846 bits per heavy atom. The van der Waals surface area contributed by atoms with E-state index in [1.54, 1.807) is 12.1 Å². The van der Waals surface area contributed by atoms with Crippen molar-refractivity contribution < 1.29 is 59.3 Å². The number of nitrogens with zero attached hydrogens (tertiary/aromatic N) is 7. The second-order valence-corrected chi connectivity index (χ2v) is 11.4. The molecule has 21 heteroatoms. The Kier molecular flexibility index (Phi) is 15.8. The summed E-state index contributed by atoms with van der Waals surface area (Å²) >= 11 is 0. The highest BCUT2D eigenvalue weighted by molar-refractivity contribution is 5.85. The van der Waals surface area contributed by atoms with Gasteiger partial charge in [-0.1, -0.05) is 12.1 Å². The summed E-state index contributed by atoms with van der Waals surface area (Å²) in [7, 11) is 4.25. The van der Waals surface area contributed by atoms with E-state index in [0.29, 0.717) is 35.4 Å². The van der Waals surface area contributed by atoms with Crippen molar-refractivity contribution in [2.75, 3.05) is 66.5 Å². The first-order valence-electron chi connectivity index (χ1n) is 15.5. The monoisotopic (exact) mass is 756 g/mol. The van der Waals surface area contributed by atoms with Crippen LogP contribution in [-0.4, -0.2) is 130 Å². The number of aromatic nitrogens is 3. The van der Waals surface area contributed by atoms with Crippen molar-refractivity contribution in [3.8, 4) is 17.3 Å². The Morgan fingerprint density at radius 2 is 1.37 bits per heavy atom. The molecule has 1 aromatic carbocycles. The lowest BCUT2D eigenvalue weighted by molar-refractivity contribution is -0.193. The van der Waals surface area contributed by atoms with Gasteiger partial charge in [0.2, 0.25) is 0 Å². The average Bonchev–Trinajstić information content (AvgIpc) is 3.42. The fraction of sp³-hybridized carbons (Fsp3) is 0.516. The lowest BCUT2D eigenvalue weighted by Crippen LogP contribution is -2.44. The fourth-order valence-electron chi connectivity index (χ4n) is 4.71. The van der Waals surface area contributed by atoms with Crippen LogP contribution in [0.15, 0.2) is 30.3 Å². The number of nitriles is 1. The van der Waals surface area contributed by atoms with Gasteiger partial charge in [0.05, 0.1) is 23.3 Å². The van der Waals surface area contributed by atoms with Gasteiger partial charge < -0.3 is 29.9 Å². The molecule has 2 fully saturated rings. The van der Waals surface area contributed by atoms with E-state index in [9.17, 15) is 44.8 Å². The highest BCUT2D eigenvalue weighted by atomic mass is 19.4. The molecule has 0 atom stereocenters. The van der Waals surface area contributed by atoms with E-state index in [0.717, 1.165) is 57.2 Å². The number of halogens is 9. The third-order valence-electron chi connectivity index (χ3n) is 7.51. The van der Waals surface area contributed by atoms with Crippen LogP contribution in [-0.2, 0) is 28.9 Å². The first-order valence-corrected chi connectivity index (χ1v) is 15.5. The third kappa shape index (κ3) is 13.6.